The Labute approximate surface area is 191 Å². The van der Waals surface area contributed by atoms with Crippen LogP contribution in [0.2, 0.25) is 0 Å². The Kier molecular flexibility index (Phi) is 9.49. The van der Waals surface area contributed by atoms with Crippen LogP contribution in [0.25, 0.3) is 0 Å². The summed E-state index contributed by atoms with van der Waals surface area (Å²) in [5.41, 5.74) is 1.63. The molecular formula is C23H37N7O2. The number of carbonyl (C=O) groups is 1. The first-order valence-electron chi connectivity index (χ1n) is 11.1. The van der Waals surface area contributed by atoms with E-state index in [-0.39, 0.29) is 6.09 Å². The van der Waals surface area contributed by atoms with Gasteiger partial charge in [-0.25, -0.2) is 9.79 Å². The number of hydrogen-bond acceptors (Lipinski definition) is 5. The standard InChI is InChI=1S/C23H37N7O2/c1-7-20-28-27-17-30(20)14-13-25-21(24-8-2)26-15-18-9-11-19(12-10-18)16-29(6)22(31)32-23(3,4)5/h9-12,17H,7-8,13-16H2,1-6H3,(H2,24,25,26). The Balaban J connectivity index is 1.87. The number of aryl methyl sites for hydroxylation is 1. The number of rotatable bonds is 9. The van der Waals surface area contributed by atoms with Crippen LogP contribution < -0.4 is 10.6 Å². The topological polar surface area (TPSA) is 96.7 Å². The van der Waals surface area contributed by atoms with Crippen LogP contribution >= 0.6 is 0 Å². The fourth-order valence-corrected chi connectivity index (χ4v) is 2.97. The quantitative estimate of drug-likeness (QED) is 0.457. The van der Waals surface area contributed by atoms with Gasteiger partial charge < -0.3 is 24.8 Å². The highest BCUT2D eigenvalue weighted by Gasteiger charge is 2.19. The highest BCUT2D eigenvalue weighted by atomic mass is 16.6. The van der Waals surface area contributed by atoms with Crippen molar-refractivity contribution in [1.29, 1.82) is 0 Å². The van der Waals surface area contributed by atoms with Gasteiger partial charge in [-0.05, 0) is 38.8 Å². The van der Waals surface area contributed by atoms with Crippen molar-refractivity contribution in [2.75, 3.05) is 20.1 Å². The van der Waals surface area contributed by atoms with Crippen LogP contribution in [-0.4, -0.2) is 57.5 Å². The number of ether oxygens (including phenoxy) is 1. The van der Waals surface area contributed by atoms with Gasteiger partial charge in [0, 0.05) is 39.6 Å². The summed E-state index contributed by atoms with van der Waals surface area (Å²) in [5.74, 6) is 1.75. The zero-order valence-corrected chi connectivity index (χ0v) is 20.2. The number of benzene rings is 1. The van der Waals surface area contributed by atoms with Gasteiger partial charge in [0.05, 0.1) is 6.54 Å². The van der Waals surface area contributed by atoms with Gasteiger partial charge in [0.1, 0.15) is 17.8 Å². The zero-order chi connectivity index (χ0) is 23.6. The van der Waals surface area contributed by atoms with Crippen molar-refractivity contribution in [3.63, 3.8) is 0 Å². The van der Waals surface area contributed by atoms with Crippen molar-refractivity contribution < 1.29 is 9.53 Å². The van der Waals surface area contributed by atoms with Crippen molar-refractivity contribution >= 4 is 12.1 Å². The second kappa shape index (κ2) is 12.1. The lowest BCUT2D eigenvalue weighted by Crippen LogP contribution is -2.38. The third-order valence-corrected chi connectivity index (χ3v) is 4.57. The summed E-state index contributed by atoms with van der Waals surface area (Å²) in [4.78, 5) is 18.4. The molecule has 2 aromatic rings. The van der Waals surface area contributed by atoms with Crippen molar-refractivity contribution in [1.82, 2.24) is 30.3 Å². The molecule has 0 atom stereocenters. The van der Waals surface area contributed by atoms with Crippen LogP contribution in [0.3, 0.4) is 0 Å². The molecule has 32 heavy (non-hydrogen) atoms. The summed E-state index contributed by atoms with van der Waals surface area (Å²) in [7, 11) is 1.74. The van der Waals surface area contributed by atoms with Gasteiger partial charge >= 0.3 is 6.09 Å². The highest BCUT2D eigenvalue weighted by Crippen LogP contribution is 2.12. The Morgan fingerprint density at radius 1 is 1.16 bits per heavy atom. The van der Waals surface area contributed by atoms with E-state index in [1.54, 1.807) is 18.3 Å². The van der Waals surface area contributed by atoms with Crippen LogP contribution in [0.5, 0.6) is 0 Å². The van der Waals surface area contributed by atoms with Gasteiger partial charge in [0.25, 0.3) is 0 Å². The maximum Gasteiger partial charge on any atom is 0.410 e. The summed E-state index contributed by atoms with van der Waals surface area (Å²) >= 11 is 0. The Morgan fingerprint density at radius 3 is 2.47 bits per heavy atom. The van der Waals surface area contributed by atoms with E-state index in [2.05, 4.69) is 32.7 Å². The number of guanidine groups is 1. The summed E-state index contributed by atoms with van der Waals surface area (Å²) in [6.45, 7) is 13.0. The maximum absolute atomic E-state index is 12.1. The van der Waals surface area contributed by atoms with E-state index in [4.69, 9.17) is 4.74 Å². The van der Waals surface area contributed by atoms with Gasteiger partial charge in [-0.3, -0.25) is 0 Å². The number of nitrogens with one attached hydrogen (secondary N) is 2. The first-order valence-corrected chi connectivity index (χ1v) is 11.1. The van der Waals surface area contributed by atoms with Crippen molar-refractivity contribution in [3.8, 4) is 0 Å². The minimum absolute atomic E-state index is 0.329. The Morgan fingerprint density at radius 2 is 1.84 bits per heavy atom. The predicted molar refractivity (Wildman–Crippen MR) is 126 cm³/mol. The monoisotopic (exact) mass is 443 g/mol. The van der Waals surface area contributed by atoms with Gasteiger partial charge in [0.2, 0.25) is 0 Å². The third-order valence-electron chi connectivity index (χ3n) is 4.57. The summed E-state index contributed by atoms with van der Waals surface area (Å²) < 4.78 is 7.44. The largest absolute Gasteiger partial charge is 0.444 e. The maximum atomic E-state index is 12.1. The molecule has 0 spiro atoms. The molecule has 0 aliphatic carbocycles. The summed E-state index contributed by atoms with van der Waals surface area (Å²) in [5, 5.41) is 14.7. The van der Waals surface area contributed by atoms with E-state index in [9.17, 15) is 4.79 Å². The fraction of sp³-hybridized carbons (Fsp3) is 0.565. The van der Waals surface area contributed by atoms with Gasteiger partial charge in [-0.15, -0.1) is 10.2 Å². The van der Waals surface area contributed by atoms with E-state index in [0.717, 1.165) is 49.0 Å². The van der Waals surface area contributed by atoms with E-state index < -0.39 is 5.60 Å². The number of aromatic nitrogens is 3. The molecule has 176 valence electrons. The van der Waals surface area contributed by atoms with Crippen molar-refractivity contribution in [2.45, 2.75) is 66.3 Å². The minimum Gasteiger partial charge on any atom is -0.444 e. The summed E-state index contributed by atoms with van der Waals surface area (Å²) in [6, 6.07) is 8.11. The zero-order valence-electron chi connectivity index (χ0n) is 20.2. The molecule has 1 aromatic carbocycles. The van der Waals surface area contributed by atoms with Crippen LogP contribution in [0, 0.1) is 0 Å². The van der Waals surface area contributed by atoms with Gasteiger partial charge in [-0.2, -0.15) is 0 Å². The number of hydrogen-bond donors (Lipinski definition) is 2. The van der Waals surface area contributed by atoms with Crippen LogP contribution in [0.4, 0.5) is 4.79 Å². The van der Waals surface area contributed by atoms with Crippen molar-refractivity contribution in [2.24, 2.45) is 4.99 Å². The number of aliphatic imine (C=N–C) groups is 1. The van der Waals surface area contributed by atoms with Crippen LogP contribution in [-0.2, 0) is 30.8 Å². The second-order valence-corrected chi connectivity index (χ2v) is 8.57. The smallest absolute Gasteiger partial charge is 0.410 e. The SMILES string of the molecule is CCNC(=NCc1ccc(CN(C)C(=O)OC(C)(C)C)cc1)NCCn1cnnc1CC. The molecule has 2 rings (SSSR count). The molecule has 0 fully saturated rings. The molecule has 9 heteroatoms. The molecule has 0 saturated heterocycles. The average Bonchev–Trinajstić information content (AvgIpc) is 3.19. The predicted octanol–water partition coefficient (Wildman–Crippen LogP) is 2.96. The van der Waals surface area contributed by atoms with Crippen LogP contribution in [0.1, 0.15) is 51.6 Å². The lowest BCUT2D eigenvalue weighted by Gasteiger charge is -2.24. The molecule has 2 N–H and O–H groups in total. The van der Waals surface area contributed by atoms with E-state index >= 15 is 0 Å². The molecule has 0 bridgehead atoms. The van der Waals surface area contributed by atoms with E-state index in [0.29, 0.717) is 13.1 Å². The first kappa shape index (κ1) is 25.2. The normalized spacial score (nSPS) is 11.9. The molecular weight excluding hydrogens is 406 g/mol. The lowest BCUT2D eigenvalue weighted by molar-refractivity contribution is 0.0285. The fourth-order valence-electron chi connectivity index (χ4n) is 2.97. The summed E-state index contributed by atoms with van der Waals surface area (Å²) in [6.07, 6.45) is 2.29. The van der Waals surface area contributed by atoms with E-state index in [1.165, 1.54) is 0 Å². The Bertz CT molecular complexity index is 869. The molecule has 0 saturated carbocycles. The molecule has 0 aliphatic rings. The molecule has 1 aromatic heterocycles. The lowest BCUT2D eigenvalue weighted by atomic mass is 10.1. The van der Waals surface area contributed by atoms with E-state index in [1.807, 2.05) is 56.5 Å². The third kappa shape index (κ3) is 8.56. The number of amides is 1. The number of nitrogens with zero attached hydrogens (tertiary/aromatic N) is 5. The first-order chi connectivity index (χ1) is 15.2. The van der Waals surface area contributed by atoms with Gasteiger partial charge in [0.15, 0.2) is 5.96 Å². The molecule has 0 unspecified atom stereocenters. The minimum atomic E-state index is -0.501. The Hall–Kier alpha value is -3.10. The average molecular weight is 444 g/mol. The van der Waals surface area contributed by atoms with Gasteiger partial charge in [-0.1, -0.05) is 31.2 Å². The van der Waals surface area contributed by atoms with Crippen molar-refractivity contribution in [3.05, 3.63) is 47.5 Å². The molecule has 1 amide bonds. The molecule has 0 aliphatic heterocycles. The molecule has 9 nitrogen and oxygen atoms in total. The van der Waals surface area contributed by atoms with Crippen LogP contribution in [0.15, 0.2) is 35.6 Å². The number of carbonyl (C=O) groups excluding carboxylic acids is 1. The molecule has 0 radical (unpaired) electrons. The molecule has 1 heterocycles. The highest BCUT2D eigenvalue weighted by molar-refractivity contribution is 5.79. The second-order valence-electron chi connectivity index (χ2n) is 8.57.